The van der Waals surface area contributed by atoms with E-state index in [2.05, 4.69) is 20.9 Å². The third-order valence-electron chi connectivity index (χ3n) is 3.79. The van der Waals surface area contributed by atoms with Crippen LogP contribution in [0.2, 0.25) is 0 Å². The van der Waals surface area contributed by atoms with Crippen molar-refractivity contribution in [3.05, 3.63) is 67.7 Å². The third-order valence-corrected chi connectivity index (χ3v) is 5.04. The molecular weight excluding hydrogens is 408 g/mol. The summed E-state index contributed by atoms with van der Waals surface area (Å²) in [6.45, 7) is 1.71. The quantitative estimate of drug-likeness (QED) is 0.471. The standard InChI is InChI=1S/C17H11BrN2O4S/c1-9-12-6-10(18)2-3-13(12)24-15(9)16(22)23-8-11-7-14(21)20-4-5-25-17(20)19-11/h2-7H,8H2,1H3. The van der Waals surface area contributed by atoms with Gasteiger partial charge in [0.05, 0.1) is 5.69 Å². The summed E-state index contributed by atoms with van der Waals surface area (Å²) in [7, 11) is 0. The van der Waals surface area contributed by atoms with Crippen LogP contribution in [0.1, 0.15) is 21.8 Å². The first-order valence-corrected chi connectivity index (χ1v) is 9.02. The number of hydrogen-bond donors (Lipinski definition) is 0. The fourth-order valence-electron chi connectivity index (χ4n) is 2.55. The van der Waals surface area contributed by atoms with Gasteiger partial charge in [0.15, 0.2) is 4.96 Å². The van der Waals surface area contributed by atoms with Gasteiger partial charge in [-0.25, -0.2) is 9.78 Å². The monoisotopic (exact) mass is 418 g/mol. The maximum absolute atomic E-state index is 12.4. The Balaban J connectivity index is 1.59. The van der Waals surface area contributed by atoms with Gasteiger partial charge in [-0.3, -0.25) is 9.20 Å². The summed E-state index contributed by atoms with van der Waals surface area (Å²) in [6.07, 6.45) is 1.65. The lowest BCUT2D eigenvalue weighted by molar-refractivity contribution is 0.0432. The number of aromatic nitrogens is 2. The molecule has 0 N–H and O–H groups in total. The molecule has 0 aliphatic rings. The molecule has 6 nitrogen and oxygen atoms in total. The van der Waals surface area contributed by atoms with Crippen LogP contribution in [0, 0.1) is 6.92 Å². The van der Waals surface area contributed by atoms with E-state index in [0.29, 0.717) is 21.8 Å². The predicted octanol–water partition coefficient (Wildman–Crippen LogP) is 3.93. The molecule has 0 radical (unpaired) electrons. The number of fused-ring (bicyclic) bond motifs is 2. The summed E-state index contributed by atoms with van der Waals surface area (Å²) in [4.78, 5) is 29.2. The lowest BCUT2D eigenvalue weighted by Gasteiger charge is -2.03. The van der Waals surface area contributed by atoms with E-state index in [9.17, 15) is 9.59 Å². The van der Waals surface area contributed by atoms with Crippen LogP contribution >= 0.6 is 27.3 Å². The van der Waals surface area contributed by atoms with Gasteiger partial charge in [0, 0.05) is 33.1 Å². The summed E-state index contributed by atoms with van der Waals surface area (Å²) in [5.74, 6) is -0.431. The molecule has 0 saturated carbocycles. The molecule has 3 heterocycles. The highest BCUT2D eigenvalue weighted by atomic mass is 79.9. The highest BCUT2D eigenvalue weighted by Crippen LogP contribution is 2.28. The molecule has 0 aliphatic heterocycles. The van der Waals surface area contributed by atoms with Gasteiger partial charge >= 0.3 is 5.97 Å². The highest BCUT2D eigenvalue weighted by molar-refractivity contribution is 9.10. The minimum Gasteiger partial charge on any atom is -0.453 e. The van der Waals surface area contributed by atoms with Crippen LogP contribution < -0.4 is 5.56 Å². The van der Waals surface area contributed by atoms with E-state index in [1.54, 1.807) is 24.6 Å². The Bertz CT molecular complexity index is 1170. The number of halogens is 1. The molecule has 0 fully saturated rings. The van der Waals surface area contributed by atoms with Crippen LogP contribution in [0.5, 0.6) is 0 Å². The van der Waals surface area contributed by atoms with Gasteiger partial charge in [-0.2, -0.15) is 0 Å². The van der Waals surface area contributed by atoms with Gasteiger partial charge in [-0.15, -0.1) is 11.3 Å². The summed E-state index contributed by atoms with van der Waals surface area (Å²) in [6, 6.07) is 6.87. The minimum absolute atomic E-state index is 0.0946. The topological polar surface area (TPSA) is 73.8 Å². The van der Waals surface area contributed by atoms with E-state index in [1.165, 1.54) is 21.8 Å². The number of ether oxygens (including phenoxy) is 1. The summed E-state index contributed by atoms with van der Waals surface area (Å²) >= 11 is 4.74. The molecule has 3 aromatic heterocycles. The van der Waals surface area contributed by atoms with E-state index in [-0.39, 0.29) is 17.9 Å². The molecule has 0 bridgehead atoms. The molecule has 8 heteroatoms. The second kappa shape index (κ2) is 6.12. The maximum atomic E-state index is 12.4. The fraction of sp³-hybridized carbons (Fsp3) is 0.118. The predicted molar refractivity (Wildman–Crippen MR) is 97.1 cm³/mol. The van der Waals surface area contributed by atoms with Crippen molar-refractivity contribution in [2.24, 2.45) is 0 Å². The van der Waals surface area contributed by atoms with Gasteiger partial charge in [0.1, 0.15) is 12.2 Å². The van der Waals surface area contributed by atoms with Crippen LogP contribution in [0.15, 0.2) is 49.5 Å². The number of benzene rings is 1. The Morgan fingerprint density at radius 1 is 1.40 bits per heavy atom. The average molecular weight is 419 g/mol. The number of aryl methyl sites for hydroxylation is 1. The van der Waals surface area contributed by atoms with E-state index in [1.807, 2.05) is 12.1 Å². The van der Waals surface area contributed by atoms with Crippen LogP contribution in [0.25, 0.3) is 15.9 Å². The van der Waals surface area contributed by atoms with Gasteiger partial charge < -0.3 is 9.15 Å². The number of nitrogens with zero attached hydrogens (tertiary/aromatic N) is 2. The number of carbonyl (C=O) groups is 1. The molecular formula is C17H11BrN2O4S. The molecule has 1 aromatic carbocycles. The van der Waals surface area contributed by atoms with E-state index in [0.717, 1.165) is 9.86 Å². The van der Waals surface area contributed by atoms with Crippen LogP contribution in [0.4, 0.5) is 0 Å². The molecule has 0 atom stereocenters. The maximum Gasteiger partial charge on any atom is 0.374 e. The summed E-state index contributed by atoms with van der Waals surface area (Å²) in [5.41, 5.74) is 1.52. The van der Waals surface area contributed by atoms with Crippen molar-refractivity contribution >= 4 is 49.2 Å². The minimum atomic E-state index is -0.585. The zero-order valence-corrected chi connectivity index (χ0v) is 15.4. The van der Waals surface area contributed by atoms with Crippen molar-refractivity contribution in [3.8, 4) is 0 Å². The van der Waals surface area contributed by atoms with Crippen molar-refractivity contribution in [1.82, 2.24) is 9.38 Å². The molecule has 0 saturated heterocycles. The number of carbonyl (C=O) groups excluding carboxylic acids is 1. The largest absolute Gasteiger partial charge is 0.453 e. The molecule has 0 spiro atoms. The summed E-state index contributed by atoms with van der Waals surface area (Å²) in [5, 5.41) is 2.62. The normalized spacial score (nSPS) is 11.3. The molecule has 0 amide bonds. The lowest BCUT2D eigenvalue weighted by Crippen LogP contribution is -2.14. The third kappa shape index (κ3) is 2.87. The molecule has 4 aromatic rings. The van der Waals surface area contributed by atoms with Crippen molar-refractivity contribution in [3.63, 3.8) is 0 Å². The molecule has 0 unspecified atom stereocenters. The SMILES string of the molecule is Cc1c(C(=O)OCc2cc(=O)n3ccsc3n2)oc2ccc(Br)cc12. The fourth-order valence-corrected chi connectivity index (χ4v) is 3.65. The van der Waals surface area contributed by atoms with Crippen molar-refractivity contribution < 1.29 is 13.9 Å². The number of rotatable bonds is 3. The second-order valence-corrected chi connectivity index (χ2v) is 7.20. The Labute approximate surface area is 153 Å². The van der Waals surface area contributed by atoms with Crippen molar-refractivity contribution in [1.29, 1.82) is 0 Å². The zero-order valence-electron chi connectivity index (χ0n) is 13.0. The smallest absolute Gasteiger partial charge is 0.374 e. The zero-order chi connectivity index (χ0) is 17.6. The van der Waals surface area contributed by atoms with Gasteiger partial charge in [-0.1, -0.05) is 15.9 Å². The first-order chi connectivity index (χ1) is 12.0. The van der Waals surface area contributed by atoms with Crippen LogP contribution in [-0.2, 0) is 11.3 Å². The van der Waals surface area contributed by atoms with Crippen molar-refractivity contribution in [2.75, 3.05) is 0 Å². The van der Waals surface area contributed by atoms with Crippen molar-refractivity contribution in [2.45, 2.75) is 13.5 Å². The number of hydrogen-bond acceptors (Lipinski definition) is 6. The number of thiazole rings is 1. The van der Waals surface area contributed by atoms with E-state index >= 15 is 0 Å². The molecule has 25 heavy (non-hydrogen) atoms. The molecule has 126 valence electrons. The lowest BCUT2D eigenvalue weighted by atomic mass is 10.1. The Morgan fingerprint density at radius 2 is 2.24 bits per heavy atom. The molecule has 0 aliphatic carbocycles. The number of esters is 1. The Hall–Kier alpha value is -2.45. The Morgan fingerprint density at radius 3 is 3.08 bits per heavy atom. The highest BCUT2D eigenvalue weighted by Gasteiger charge is 2.19. The van der Waals surface area contributed by atoms with Crippen LogP contribution in [0.3, 0.4) is 0 Å². The Kier molecular flexibility index (Phi) is 3.93. The average Bonchev–Trinajstić information content (AvgIpc) is 3.18. The summed E-state index contributed by atoms with van der Waals surface area (Å²) < 4.78 is 13.2. The van der Waals surface area contributed by atoms with Crippen LogP contribution in [-0.4, -0.2) is 15.4 Å². The first kappa shape index (κ1) is 16.0. The van der Waals surface area contributed by atoms with E-state index in [4.69, 9.17) is 9.15 Å². The van der Waals surface area contributed by atoms with Gasteiger partial charge in [0.25, 0.3) is 5.56 Å². The number of furan rings is 1. The van der Waals surface area contributed by atoms with E-state index < -0.39 is 5.97 Å². The molecule has 4 rings (SSSR count). The van der Waals surface area contributed by atoms with Gasteiger partial charge in [-0.05, 0) is 25.1 Å². The van der Waals surface area contributed by atoms with Gasteiger partial charge in [0.2, 0.25) is 5.76 Å². The first-order valence-electron chi connectivity index (χ1n) is 7.34. The second-order valence-electron chi connectivity index (χ2n) is 5.41.